The number of halogens is 1. The normalized spacial score (nSPS) is 10.8. The van der Waals surface area contributed by atoms with E-state index >= 15 is 0 Å². The van der Waals surface area contributed by atoms with Crippen molar-refractivity contribution in [1.29, 1.82) is 0 Å². The maximum atomic E-state index is 12.9. The highest BCUT2D eigenvalue weighted by Gasteiger charge is 2.11. The molecule has 0 aliphatic heterocycles. The van der Waals surface area contributed by atoms with Gasteiger partial charge in [-0.2, -0.15) is 0 Å². The molecule has 0 aliphatic rings. The van der Waals surface area contributed by atoms with E-state index in [1.54, 1.807) is 12.1 Å². The molecule has 0 spiro atoms. The molecule has 7 heteroatoms. The molecule has 0 unspecified atom stereocenters. The zero-order chi connectivity index (χ0) is 19.2. The lowest BCUT2D eigenvalue weighted by Crippen LogP contribution is -2.27. The molecule has 0 radical (unpaired) electrons. The lowest BCUT2D eigenvalue weighted by atomic mass is 10.1. The van der Waals surface area contributed by atoms with E-state index in [9.17, 15) is 9.18 Å². The van der Waals surface area contributed by atoms with Crippen molar-refractivity contribution in [3.63, 3.8) is 0 Å². The van der Waals surface area contributed by atoms with Gasteiger partial charge >= 0.3 is 0 Å². The third kappa shape index (κ3) is 5.65. The Morgan fingerprint density at radius 2 is 1.81 bits per heavy atom. The Balaban J connectivity index is 1.46. The molecule has 5 nitrogen and oxygen atoms in total. The van der Waals surface area contributed by atoms with E-state index in [0.29, 0.717) is 24.1 Å². The maximum Gasteiger partial charge on any atom is 0.277 e. The topological polar surface area (TPSA) is 68.0 Å². The molecule has 0 saturated heterocycles. The summed E-state index contributed by atoms with van der Waals surface area (Å²) in [4.78, 5) is 11.9. The van der Waals surface area contributed by atoms with Crippen LogP contribution in [0.2, 0.25) is 0 Å². The number of hydrogen-bond donors (Lipinski definition) is 1. The first-order valence-electron chi connectivity index (χ1n) is 8.56. The molecule has 1 N–H and O–H groups in total. The van der Waals surface area contributed by atoms with Gasteiger partial charge in [-0.3, -0.25) is 4.79 Å². The first-order chi connectivity index (χ1) is 13.0. The van der Waals surface area contributed by atoms with Gasteiger partial charge in [-0.25, -0.2) is 4.39 Å². The lowest BCUT2D eigenvalue weighted by molar-refractivity contribution is -0.118. The number of nitrogens with one attached hydrogen (secondary N) is 1. The molecule has 1 amide bonds. The SMILES string of the molecule is Cc1cc(C)cc(-c2nnc(SCC(=O)NCCc3ccc(F)cc3)o2)c1. The van der Waals surface area contributed by atoms with Crippen LogP contribution in [0.5, 0.6) is 0 Å². The van der Waals surface area contributed by atoms with Crippen molar-refractivity contribution >= 4 is 17.7 Å². The average Bonchev–Trinajstić information content (AvgIpc) is 3.10. The molecular weight excluding hydrogens is 365 g/mol. The van der Waals surface area contributed by atoms with Crippen molar-refractivity contribution in [2.75, 3.05) is 12.3 Å². The van der Waals surface area contributed by atoms with Gasteiger partial charge in [-0.05, 0) is 50.1 Å². The summed E-state index contributed by atoms with van der Waals surface area (Å²) in [5.74, 6) is 0.256. The van der Waals surface area contributed by atoms with E-state index in [-0.39, 0.29) is 17.5 Å². The third-order valence-corrected chi connectivity index (χ3v) is 4.67. The van der Waals surface area contributed by atoms with Gasteiger partial charge in [0, 0.05) is 12.1 Å². The highest BCUT2D eigenvalue weighted by molar-refractivity contribution is 7.99. The van der Waals surface area contributed by atoms with Crippen LogP contribution >= 0.6 is 11.8 Å². The number of rotatable bonds is 7. The Morgan fingerprint density at radius 1 is 1.11 bits per heavy atom. The van der Waals surface area contributed by atoms with Crippen LogP contribution in [-0.4, -0.2) is 28.4 Å². The molecular formula is C20H20FN3O2S. The standard InChI is InChI=1S/C20H20FN3O2S/c1-13-9-14(2)11-16(10-13)19-23-24-20(26-19)27-12-18(25)22-8-7-15-3-5-17(21)6-4-15/h3-6,9-11H,7-8,12H2,1-2H3,(H,22,25). The summed E-state index contributed by atoms with van der Waals surface area (Å²) in [7, 11) is 0. The number of hydrogen-bond acceptors (Lipinski definition) is 5. The summed E-state index contributed by atoms with van der Waals surface area (Å²) in [6, 6.07) is 12.3. The summed E-state index contributed by atoms with van der Waals surface area (Å²) in [6.45, 7) is 4.51. The van der Waals surface area contributed by atoms with Crippen molar-refractivity contribution in [2.24, 2.45) is 0 Å². The Morgan fingerprint density at radius 3 is 2.52 bits per heavy atom. The molecule has 2 aromatic carbocycles. The Labute approximate surface area is 161 Å². The van der Waals surface area contributed by atoms with Crippen LogP contribution in [0.15, 0.2) is 52.1 Å². The predicted molar refractivity (Wildman–Crippen MR) is 103 cm³/mol. The van der Waals surface area contributed by atoms with Crippen LogP contribution in [-0.2, 0) is 11.2 Å². The second-order valence-electron chi connectivity index (χ2n) is 6.26. The minimum Gasteiger partial charge on any atom is -0.411 e. The van der Waals surface area contributed by atoms with Gasteiger partial charge in [0.15, 0.2) is 0 Å². The van der Waals surface area contributed by atoms with E-state index in [4.69, 9.17) is 4.42 Å². The van der Waals surface area contributed by atoms with Gasteiger partial charge in [0.1, 0.15) is 5.82 Å². The Bertz CT molecular complexity index is 905. The average molecular weight is 385 g/mol. The van der Waals surface area contributed by atoms with Crippen LogP contribution in [0.25, 0.3) is 11.5 Å². The van der Waals surface area contributed by atoms with Gasteiger partial charge in [-0.1, -0.05) is 41.1 Å². The number of carbonyl (C=O) groups is 1. The van der Waals surface area contributed by atoms with Crippen LogP contribution in [0.4, 0.5) is 4.39 Å². The molecule has 0 atom stereocenters. The van der Waals surface area contributed by atoms with Crippen molar-refractivity contribution < 1.29 is 13.6 Å². The van der Waals surface area contributed by atoms with E-state index in [1.807, 2.05) is 26.0 Å². The van der Waals surface area contributed by atoms with E-state index in [0.717, 1.165) is 22.3 Å². The van der Waals surface area contributed by atoms with Crippen molar-refractivity contribution in [1.82, 2.24) is 15.5 Å². The minimum absolute atomic E-state index is 0.117. The van der Waals surface area contributed by atoms with Crippen LogP contribution in [0.3, 0.4) is 0 Å². The summed E-state index contributed by atoms with van der Waals surface area (Å²) in [5.41, 5.74) is 4.09. The first-order valence-corrected chi connectivity index (χ1v) is 9.54. The van der Waals surface area contributed by atoms with Gasteiger partial charge < -0.3 is 9.73 Å². The summed E-state index contributed by atoms with van der Waals surface area (Å²) >= 11 is 1.20. The number of carbonyl (C=O) groups excluding carboxylic acids is 1. The van der Waals surface area contributed by atoms with Crippen LogP contribution < -0.4 is 5.32 Å². The van der Waals surface area contributed by atoms with Gasteiger partial charge in [0.05, 0.1) is 5.75 Å². The molecule has 3 aromatic rings. The van der Waals surface area contributed by atoms with Crippen molar-refractivity contribution in [3.05, 3.63) is 65.0 Å². The number of nitrogens with zero attached hydrogens (tertiary/aromatic N) is 2. The fourth-order valence-corrected chi connectivity index (χ4v) is 3.25. The second-order valence-corrected chi connectivity index (χ2v) is 7.19. The maximum absolute atomic E-state index is 12.9. The van der Waals surface area contributed by atoms with Crippen molar-refractivity contribution in [2.45, 2.75) is 25.5 Å². The fraction of sp³-hybridized carbons (Fsp3) is 0.250. The lowest BCUT2D eigenvalue weighted by Gasteiger charge is -2.04. The van der Waals surface area contributed by atoms with Gasteiger partial charge in [0.2, 0.25) is 11.8 Å². The van der Waals surface area contributed by atoms with Gasteiger partial charge in [-0.15, -0.1) is 10.2 Å². The zero-order valence-corrected chi connectivity index (χ0v) is 16.0. The molecule has 0 aliphatic carbocycles. The molecule has 0 bridgehead atoms. The summed E-state index contributed by atoms with van der Waals surface area (Å²) < 4.78 is 18.5. The van der Waals surface area contributed by atoms with Crippen LogP contribution in [0, 0.1) is 19.7 Å². The zero-order valence-electron chi connectivity index (χ0n) is 15.2. The molecule has 3 rings (SSSR count). The molecule has 0 saturated carbocycles. The Hall–Kier alpha value is -2.67. The number of benzene rings is 2. The van der Waals surface area contributed by atoms with Gasteiger partial charge in [0.25, 0.3) is 5.22 Å². The third-order valence-electron chi connectivity index (χ3n) is 3.85. The number of amides is 1. The molecule has 1 heterocycles. The predicted octanol–water partition coefficient (Wildman–Crippen LogP) is 3.94. The van der Waals surface area contributed by atoms with Crippen molar-refractivity contribution in [3.8, 4) is 11.5 Å². The number of thioether (sulfide) groups is 1. The second kappa shape index (κ2) is 8.81. The monoisotopic (exact) mass is 385 g/mol. The molecule has 140 valence electrons. The highest BCUT2D eigenvalue weighted by atomic mass is 32.2. The molecule has 0 fully saturated rings. The minimum atomic E-state index is -0.265. The number of aryl methyl sites for hydroxylation is 2. The summed E-state index contributed by atoms with van der Waals surface area (Å²) in [6.07, 6.45) is 0.647. The smallest absolute Gasteiger partial charge is 0.277 e. The van der Waals surface area contributed by atoms with E-state index in [2.05, 4.69) is 21.6 Å². The largest absolute Gasteiger partial charge is 0.411 e. The molecule has 1 aromatic heterocycles. The number of aromatic nitrogens is 2. The van der Waals surface area contributed by atoms with E-state index in [1.165, 1.54) is 23.9 Å². The molecule has 27 heavy (non-hydrogen) atoms. The first kappa shape index (κ1) is 19.1. The Kier molecular flexibility index (Phi) is 6.24. The fourth-order valence-electron chi connectivity index (χ4n) is 2.66. The summed E-state index contributed by atoms with van der Waals surface area (Å²) in [5, 5.41) is 11.2. The quantitative estimate of drug-likeness (QED) is 0.624. The van der Waals surface area contributed by atoms with E-state index < -0.39 is 0 Å². The van der Waals surface area contributed by atoms with Crippen LogP contribution in [0.1, 0.15) is 16.7 Å². The highest BCUT2D eigenvalue weighted by Crippen LogP contribution is 2.24.